The molecule has 0 N–H and O–H groups in total. The zero-order valence-electron chi connectivity index (χ0n) is 9.13. The van der Waals surface area contributed by atoms with Crippen LogP contribution in [0.1, 0.15) is 16.9 Å². The number of nitrogens with zero attached hydrogens (tertiary/aromatic N) is 1. The Bertz CT molecular complexity index is 723. The van der Waals surface area contributed by atoms with Crippen molar-refractivity contribution >= 4 is 11.0 Å². The molecule has 0 aliphatic carbocycles. The third-order valence-corrected chi connectivity index (χ3v) is 2.42. The van der Waals surface area contributed by atoms with E-state index in [-0.39, 0.29) is 11.0 Å². The topological polar surface area (TPSA) is 54.0 Å². The van der Waals surface area contributed by atoms with Crippen molar-refractivity contribution in [1.82, 2.24) is 0 Å². The van der Waals surface area contributed by atoms with Crippen molar-refractivity contribution in [1.29, 1.82) is 5.26 Å². The zero-order chi connectivity index (χ0) is 13.5. The molecule has 0 saturated carbocycles. The summed E-state index contributed by atoms with van der Waals surface area (Å²) in [5, 5.41) is 8.65. The molecule has 2 aromatic rings. The Morgan fingerprint density at radius 2 is 2.00 bits per heavy atom. The zero-order valence-corrected chi connectivity index (χ0v) is 9.13. The summed E-state index contributed by atoms with van der Waals surface area (Å²) in [5.41, 5.74) is -1.47. The molecule has 0 atom stereocenters. The third kappa shape index (κ3) is 1.84. The monoisotopic (exact) mass is 253 g/mol. The van der Waals surface area contributed by atoms with Crippen LogP contribution in [0.3, 0.4) is 0 Å². The second-order valence-corrected chi connectivity index (χ2v) is 3.74. The van der Waals surface area contributed by atoms with Crippen LogP contribution in [0.25, 0.3) is 11.0 Å². The molecule has 0 unspecified atom stereocenters. The quantitative estimate of drug-likeness (QED) is 0.725. The number of nitriles is 1. The highest BCUT2D eigenvalue weighted by Crippen LogP contribution is 2.32. The van der Waals surface area contributed by atoms with Gasteiger partial charge in [0.05, 0.1) is 5.39 Å². The van der Waals surface area contributed by atoms with E-state index in [0.717, 1.165) is 0 Å². The van der Waals surface area contributed by atoms with Crippen LogP contribution in [0.2, 0.25) is 0 Å². The first-order valence-electron chi connectivity index (χ1n) is 4.89. The van der Waals surface area contributed by atoms with Gasteiger partial charge < -0.3 is 4.42 Å². The van der Waals surface area contributed by atoms with E-state index < -0.39 is 22.9 Å². The first-order valence-corrected chi connectivity index (χ1v) is 4.89. The number of aryl methyl sites for hydroxylation is 1. The fourth-order valence-corrected chi connectivity index (χ4v) is 1.61. The molecule has 0 bridgehead atoms. The van der Waals surface area contributed by atoms with E-state index in [1.165, 1.54) is 24.3 Å². The highest BCUT2D eigenvalue weighted by molar-refractivity contribution is 5.78. The van der Waals surface area contributed by atoms with Gasteiger partial charge in [-0.3, -0.25) is 4.79 Å². The number of rotatable bonds is 0. The maximum absolute atomic E-state index is 12.6. The van der Waals surface area contributed by atoms with Gasteiger partial charge in [-0.05, 0) is 19.1 Å². The Kier molecular flexibility index (Phi) is 2.62. The largest absolute Gasteiger partial charge is 0.451 e. The van der Waals surface area contributed by atoms with Gasteiger partial charge in [0.1, 0.15) is 17.2 Å². The van der Waals surface area contributed by atoms with Crippen molar-refractivity contribution < 1.29 is 17.6 Å². The normalized spacial score (nSPS) is 11.5. The summed E-state index contributed by atoms with van der Waals surface area (Å²) in [6, 6.07) is 5.45. The van der Waals surface area contributed by atoms with Crippen LogP contribution in [0.15, 0.2) is 27.4 Å². The molecule has 0 spiro atoms. The molecular formula is C12H6F3NO2. The van der Waals surface area contributed by atoms with Gasteiger partial charge in [0.15, 0.2) is 0 Å². The third-order valence-electron chi connectivity index (χ3n) is 2.42. The van der Waals surface area contributed by atoms with Crippen molar-refractivity contribution in [3.63, 3.8) is 0 Å². The average Bonchev–Trinajstić information content (AvgIpc) is 2.28. The molecule has 0 amide bonds. The van der Waals surface area contributed by atoms with E-state index in [2.05, 4.69) is 4.42 Å². The van der Waals surface area contributed by atoms with Gasteiger partial charge in [-0.1, -0.05) is 11.6 Å². The Morgan fingerprint density at radius 3 is 2.56 bits per heavy atom. The van der Waals surface area contributed by atoms with E-state index in [4.69, 9.17) is 5.26 Å². The van der Waals surface area contributed by atoms with Crippen molar-refractivity contribution in [3.8, 4) is 6.07 Å². The van der Waals surface area contributed by atoms with Crippen LogP contribution in [0.5, 0.6) is 0 Å². The molecule has 6 heteroatoms. The Labute approximate surface area is 99.1 Å². The second-order valence-electron chi connectivity index (χ2n) is 3.74. The lowest BCUT2D eigenvalue weighted by Crippen LogP contribution is -2.16. The molecule has 92 valence electrons. The maximum atomic E-state index is 12.6. The van der Waals surface area contributed by atoms with E-state index in [9.17, 15) is 18.0 Å². The predicted molar refractivity (Wildman–Crippen MR) is 56.9 cm³/mol. The molecule has 18 heavy (non-hydrogen) atoms. The van der Waals surface area contributed by atoms with Crippen molar-refractivity contribution in [2.45, 2.75) is 13.1 Å². The highest BCUT2D eigenvalue weighted by Gasteiger charge is 2.39. The van der Waals surface area contributed by atoms with E-state index >= 15 is 0 Å². The fourth-order valence-electron chi connectivity index (χ4n) is 1.61. The van der Waals surface area contributed by atoms with Crippen LogP contribution >= 0.6 is 0 Å². The molecular weight excluding hydrogens is 247 g/mol. The van der Waals surface area contributed by atoms with E-state index in [1.807, 2.05) is 0 Å². The predicted octanol–water partition coefficient (Wildman–Crippen LogP) is 2.99. The molecule has 0 radical (unpaired) electrons. The standard InChI is InChI=1S/C12H6F3NO2/c1-6-2-3-9-7(4-6)10(17)8(5-16)11(18-9)12(13,14)15/h2-4H,1H3. The number of benzene rings is 1. The van der Waals surface area contributed by atoms with E-state index in [1.54, 1.807) is 6.92 Å². The first kappa shape index (κ1) is 12.2. The summed E-state index contributed by atoms with van der Waals surface area (Å²) in [4.78, 5) is 11.8. The lowest BCUT2D eigenvalue weighted by atomic mass is 10.1. The van der Waals surface area contributed by atoms with Gasteiger partial charge in [-0.15, -0.1) is 0 Å². The van der Waals surface area contributed by atoms with Gasteiger partial charge >= 0.3 is 6.18 Å². The molecule has 0 aliphatic heterocycles. The number of alkyl halides is 3. The molecule has 0 fully saturated rings. The Morgan fingerprint density at radius 1 is 1.33 bits per heavy atom. The summed E-state index contributed by atoms with van der Waals surface area (Å²) in [6.45, 7) is 1.68. The molecule has 0 aliphatic rings. The minimum absolute atomic E-state index is 0.0282. The number of fused-ring (bicyclic) bond motifs is 1. The summed E-state index contributed by atoms with van der Waals surface area (Å²) in [5.74, 6) is -1.55. The smallest absolute Gasteiger partial charge is 0.450 e. The SMILES string of the molecule is Cc1ccc2oc(C(F)(F)F)c(C#N)c(=O)c2c1. The lowest BCUT2D eigenvalue weighted by molar-refractivity contribution is -0.153. The van der Waals surface area contributed by atoms with Crippen LogP contribution < -0.4 is 5.43 Å². The van der Waals surface area contributed by atoms with E-state index in [0.29, 0.717) is 5.56 Å². The molecule has 0 saturated heterocycles. The van der Waals surface area contributed by atoms with Gasteiger partial charge in [0, 0.05) is 0 Å². The first-order chi connectivity index (χ1) is 8.34. The fraction of sp³-hybridized carbons (Fsp3) is 0.167. The van der Waals surface area contributed by atoms with Crippen LogP contribution in [-0.2, 0) is 6.18 Å². The Hall–Kier alpha value is -2.29. The number of halogens is 3. The van der Waals surface area contributed by atoms with Crippen molar-refractivity contribution in [2.24, 2.45) is 0 Å². The van der Waals surface area contributed by atoms with Crippen LogP contribution in [-0.4, -0.2) is 0 Å². The second kappa shape index (κ2) is 3.88. The van der Waals surface area contributed by atoms with Crippen LogP contribution in [0.4, 0.5) is 13.2 Å². The van der Waals surface area contributed by atoms with Crippen LogP contribution in [0, 0.1) is 18.3 Å². The molecule has 2 rings (SSSR count). The van der Waals surface area contributed by atoms with Gasteiger partial charge in [0.2, 0.25) is 11.2 Å². The van der Waals surface area contributed by atoms with Gasteiger partial charge in [-0.25, -0.2) is 0 Å². The number of hydrogen-bond donors (Lipinski definition) is 0. The van der Waals surface area contributed by atoms with Crippen molar-refractivity contribution in [2.75, 3.05) is 0 Å². The van der Waals surface area contributed by atoms with Gasteiger partial charge in [-0.2, -0.15) is 18.4 Å². The molecule has 3 nitrogen and oxygen atoms in total. The minimum Gasteiger partial charge on any atom is -0.450 e. The summed E-state index contributed by atoms with van der Waals surface area (Å²) < 4.78 is 42.6. The van der Waals surface area contributed by atoms with Gasteiger partial charge in [0.25, 0.3) is 0 Å². The average molecular weight is 253 g/mol. The summed E-state index contributed by atoms with van der Waals surface area (Å²) in [7, 11) is 0. The maximum Gasteiger partial charge on any atom is 0.451 e. The minimum atomic E-state index is -4.87. The molecule has 1 aromatic heterocycles. The highest BCUT2D eigenvalue weighted by atomic mass is 19.4. The number of hydrogen-bond acceptors (Lipinski definition) is 3. The molecule has 1 heterocycles. The Balaban J connectivity index is 2.97. The summed E-state index contributed by atoms with van der Waals surface area (Å²) in [6.07, 6.45) is -4.87. The summed E-state index contributed by atoms with van der Waals surface area (Å²) >= 11 is 0. The lowest BCUT2D eigenvalue weighted by Gasteiger charge is -2.08. The molecule has 1 aromatic carbocycles. The van der Waals surface area contributed by atoms with Crippen molar-refractivity contribution in [3.05, 3.63) is 45.3 Å².